The molecule has 2 heterocycles. The SMILES string of the molecule is CC(CC(=O)N(C)CC1CCOC1)C1CCCNC1.Cl. The summed E-state index contributed by atoms with van der Waals surface area (Å²) in [6, 6.07) is 0. The van der Waals surface area contributed by atoms with Crippen LogP contribution < -0.4 is 5.32 Å². The molecule has 118 valence electrons. The highest BCUT2D eigenvalue weighted by atomic mass is 35.5. The molecule has 2 saturated heterocycles. The van der Waals surface area contributed by atoms with E-state index in [0.29, 0.717) is 30.1 Å². The highest BCUT2D eigenvalue weighted by molar-refractivity contribution is 5.85. The van der Waals surface area contributed by atoms with Gasteiger partial charge in [0, 0.05) is 32.5 Å². The zero-order valence-electron chi connectivity index (χ0n) is 12.8. The maximum atomic E-state index is 12.2. The Hall–Kier alpha value is -0.320. The predicted octanol–water partition coefficient (Wildman–Crippen LogP) is 1.93. The first-order valence-electron chi connectivity index (χ1n) is 7.69. The number of halogens is 1. The van der Waals surface area contributed by atoms with Gasteiger partial charge in [0.25, 0.3) is 0 Å². The van der Waals surface area contributed by atoms with Gasteiger partial charge < -0.3 is 15.0 Å². The molecular weight excluding hydrogens is 276 g/mol. The highest BCUT2D eigenvalue weighted by Gasteiger charge is 2.25. The molecule has 0 aromatic heterocycles. The summed E-state index contributed by atoms with van der Waals surface area (Å²) in [5.41, 5.74) is 0. The van der Waals surface area contributed by atoms with Crippen LogP contribution in [0.1, 0.15) is 32.6 Å². The number of carbonyl (C=O) groups excluding carboxylic acids is 1. The summed E-state index contributed by atoms with van der Waals surface area (Å²) in [6.45, 7) is 6.97. The van der Waals surface area contributed by atoms with E-state index >= 15 is 0 Å². The largest absolute Gasteiger partial charge is 0.381 e. The van der Waals surface area contributed by atoms with Crippen LogP contribution in [-0.2, 0) is 9.53 Å². The van der Waals surface area contributed by atoms with Crippen LogP contribution >= 0.6 is 12.4 Å². The van der Waals surface area contributed by atoms with E-state index in [1.807, 2.05) is 11.9 Å². The monoisotopic (exact) mass is 304 g/mol. The number of hydrogen-bond acceptors (Lipinski definition) is 3. The lowest BCUT2D eigenvalue weighted by Gasteiger charge is -2.29. The van der Waals surface area contributed by atoms with Gasteiger partial charge in [-0.3, -0.25) is 4.79 Å². The van der Waals surface area contributed by atoms with E-state index in [-0.39, 0.29) is 12.4 Å². The van der Waals surface area contributed by atoms with Gasteiger partial charge >= 0.3 is 0 Å². The van der Waals surface area contributed by atoms with Crippen molar-refractivity contribution in [3.8, 4) is 0 Å². The Kier molecular flexibility index (Phi) is 7.85. The smallest absolute Gasteiger partial charge is 0.222 e. The lowest BCUT2D eigenvalue weighted by atomic mass is 9.85. The summed E-state index contributed by atoms with van der Waals surface area (Å²) in [5.74, 6) is 1.99. The first-order chi connectivity index (χ1) is 9.16. The maximum absolute atomic E-state index is 12.2. The molecule has 2 fully saturated rings. The molecule has 0 aromatic rings. The van der Waals surface area contributed by atoms with Crippen molar-refractivity contribution in [1.29, 1.82) is 0 Å². The van der Waals surface area contributed by atoms with Crippen LogP contribution in [0.5, 0.6) is 0 Å². The molecule has 5 heteroatoms. The number of rotatable bonds is 5. The summed E-state index contributed by atoms with van der Waals surface area (Å²) in [5, 5.41) is 3.44. The molecule has 0 aliphatic carbocycles. The first-order valence-corrected chi connectivity index (χ1v) is 7.69. The molecule has 0 bridgehead atoms. The van der Waals surface area contributed by atoms with Gasteiger partial charge in [-0.2, -0.15) is 0 Å². The molecule has 2 aliphatic rings. The second-order valence-electron chi connectivity index (χ2n) is 6.29. The third-order valence-corrected chi connectivity index (χ3v) is 4.62. The molecule has 1 amide bonds. The molecule has 20 heavy (non-hydrogen) atoms. The Bertz CT molecular complexity index is 290. The molecule has 3 unspecified atom stereocenters. The molecule has 0 saturated carbocycles. The van der Waals surface area contributed by atoms with Crippen molar-refractivity contribution in [2.45, 2.75) is 32.6 Å². The van der Waals surface area contributed by atoms with Crippen molar-refractivity contribution in [2.24, 2.45) is 17.8 Å². The fourth-order valence-corrected chi connectivity index (χ4v) is 3.18. The highest BCUT2D eigenvalue weighted by Crippen LogP contribution is 2.23. The Balaban J connectivity index is 0.00000200. The van der Waals surface area contributed by atoms with E-state index in [9.17, 15) is 4.79 Å². The Morgan fingerprint density at radius 3 is 2.85 bits per heavy atom. The Labute approximate surface area is 129 Å². The molecule has 2 rings (SSSR count). The quantitative estimate of drug-likeness (QED) is 0.844. The molecular formula is C15H29ClN2O2. The fourth-order valence-electron chi connectivity index (χ4n) is 3.18. The van der Waals surface area contributed by atoms with Crippen LogP contribution in [-0.4, -0.2) is 50.7 Å². The van der Waals surface area contributed by atoms with Gasteiger partial charge in [0.1, 0.15) is 0 Å². The van der Waals surface area contributed by atoms with Crippen molar-refractivity contribution >= 4 is 18.3 Å². The molecule has 2 aliphatic heterocycles. The van der Waals surface area contributed by atoms with Gasteiger partial charge in [0.2, 0.25) is 5.91 Å². The number of carbonyl (C=O) groups is 1. The minimum Gasteiger partial charge on any atom is -0.381 e. The second kappa shape index (κ2) is 8.85. The van der Waals surface area contributed by atoms with E-state index in [1.54, 1.807) is 0 Å². The van der Waals surface area contributed by atoms with Crippen LogP contribution in [0.3, 0.4) is 0 Å². The maximum Gasteiger partial charge on any atom is 0.222 e. The van der Waals surface area contributed by atoms with Gasteiger partial charge in [-0.05, 0) is 44.2 Å². The van der Waals surface area contributed by atoms with Gasteiger partial charge in [-0.15, -0.1) is 12.4 Å². The van der Waals surface area contributed by atoms with E-state index in [2.05, 4.69) is 12.2 Å². The third-order valence-electron chi connectivity index (χ3n) is 4.62. The van der Waals surface area contributed by atoms with E-state index in [0.717, 1.165) is 39.3 Å². The molecule has 1 N–H and O–H groups in total. The van der Waals surface area contributed by atoms with Crippen molar-refractivity contribution in [1.82, 2.24) is 10.2 Å². The van der Waals surface area contributed by atoms with Crippen LogP contribution in [0.25, 0.3) is 0 Å². The number of nitrogens with zero attached hydrogens (tertiary/aromatic N) is 1. The second-order valence-corrected chi connectivity index (χ2v) is 6.29. The summed E-state index contributed by atoms with van der Waals surface area (Å²) >= 11 is 0. The lowest BCUT2D eigenvalue weighted by Crippen LogP contribution is -2.37. The number of nitrogens with one attached hydrogen (secondary N) is 1. The summed E-state index contributed by atoms with van der Waals surface area (Å²) in [4.78, 5) is 14.2. The van der Waals surface area contributed by atoms with E-state index in [4.69, 9.17) is 4.74 Å². The first kappa shape index (κ1) is 17.7. The number of hydrogen-bond donors (Lipinski definition) is 1. The minimum atomic E-state index is 0. The zero-order chi connectivity index (χ0) is 13.7. The summed E-state index contributed by atoms with van der Waals surface area (Å²) in [7, 11) is 1.94. The predicted molar refractivity (Wildman–Crippen MR) is 83.2 cm³/mol. The van der Waals surface area contributed by atoms with Gasteiger partial charge in [-0.25, -0.2) is 0 Å². The molecule has 4 nitrogen and oxygen atoms in total. The van der Waals surface area contributed by atoms with Crippen LogP contribution in [0.2, 0.25) is 0 Å². The lowest BCUT2D eigenvalue weighted by molar-refractivity contribution is -0.131. The Morgan fingerprint density at radius 1 is 1.45 bits per heavy atom. The minimum absolute atomic E-state index is 0. The number of amides is 1. The molecule has 0 radical (unpaired) electrons. The summed E-state index contributed by atoms with van der Waals surface area (Å²) in [6.07, 6.45) is 4.30. The van der Waals surface area contributed by atoms with Crippen molar-refractivity contribution in [3.05, 3.63) is 0 Å². The Morgan fingerprint density at radius 2 is 2.25 bits per heavy atom. The average molecular weight is 305 g/mol. The fraction of sp³-hybridized carbons (Fsp3) is 0.933. The topological polar surface area (TPSA) is 41.6 Å². The van der Waals surface area contributed by atoms with Crippen LogP contribution in [0.4, 0.5) is 0 Å². The summed E-state index contributed by atoms with van der Waals surface area (Å²) < 4.78 is 5.37. The van der Waals surface area contributed by atoms with Crippen molar-refractivity contribution in [3.63, 3.8) is 0 Å². The zero-order valence-corrected chi connectivity index (χ0v) is 13.6. The number of ether oxygens (including phenoxy) is 1. The number of piperidine rings is 1. The average Bonchev–Trinajstić information content (AvgIpc) is 2.92. The van der Waals surface area contributed by atoms with Crippen LogP contribution in [0, 0.1) is 17.8 Å². The molecule has 3 atom stereocenters. The van der Waals surface area contributed by atoms with Crippen LogP contribution in [0.15, 0.2) is 0 Å². The van der Waals surface area contributed by atoms with Gasteiger partial charge in [-0.1, -0.05) is 6.92 Å². The van der Waals surface area contributed by atoms with Crippen molar-refractivity contribution < 1.29 is 9.53 Å². The molecule has 0 aromatic carbocycles. The normalized spacial score (nSPS) is 27.7. The van der Waals surface area contributed by atoms with Crippen molar-refractivity contribution in [2.75, 3.05) is 39.9 Å². The standard InChI is InChI=1S/C15H28N2O2.ClH/c1-12(14-4-3-6-16-9-14)8-15(18)17(2)10-13-5-7-19-11-13;/h12-14,16H,3-11H2,1-2H3;1H. The van der Waals surface area contributed by atoms with Gasteiger partial charge in [0.05, 0.1) is 6.61 Å². The van der Waals surface area contributed by atoms with Gasteiger partial charge in [0.15, 0.2) is 0 Å². The van der Waals surface area contributed by atoms with E-state index < -0.39 is 0 Å². The van der Waals surface area contributed by atoms with E-state index in [1.165, 1.54) is 12.8 Å². The third kappa shape index (κ3) is 5.23. The molecule has 0 spiro atoms.